The lowest BCUT2D eigenvalue weighted by atomic mass is 10.0. The Kier molecular flexibility index (Phi) is 6.64. The molecular formula is C28H27F3N4O2. The van der Waals surface area contributed by atoms with Gasteiger partial charge >= 0.3 is 6.18 Å². The van der Waals surface area contributed by atoms with E-state index in [-0.39, 0.29) is 5.91 Å². The summed E-state index contributed by atoms with van der Waals surface area (Å²) in [5, 5.41) is 0. The average molecular weight is 509 g/mol. The van der Waals surface area contributed by atoms with Gasteiger partial charge in [0, 0.05) is 51.4 Å². The van der Waals surface area contributed by atoms with Crippen molar-refractivity contribution in [2.24, 2.45) is 0 Å². The van der Waals surface area contributed by atoms with E-state index in [4.69, 9.17) is 9.72 Å². The predicted octanol–water partition coefficient (Wildman–Crippen LogP) is 5.36. The molecule has 0 unspecified atom stereocenters. The van der Waals surface area contributed by atoms with E-state index in [1.54, 1.807) is 26.2 Å². The van der Waals surface area contributed by atoms with Gasteiger partial charge in [0.05, 0.1) is 24.1 Å². The molecule has 2 aromatic heterocycles. The number of methoxy groups -OCH3 is 1. The lowest BCUT2D eigenvalue weighted by molar-refractivity contribution is -0.137. The molecule has 1 aliphatic heterocycles. The smallest absolute Gasteiger partial charge is 0.416 e. The maximum absolute atomic E-state index is 13.3. The van der Waals surface area contributed by atoms with E-state index in [9.17, 15) is 18.0 Å². The SMILES string of the molecule is COc1cccc(-c2nc3ccc(-c4cccc(C(F)(F)F)c4)cn3c2CN2CCN(C(C)=O)CC2)c1. The maximum atomic E-state index is 13.3. The minimum absolute atomic E-state index is 0.0669. The molecule has 5 rings (SSSR count). The second-order valence-corrected chi connectivity index (χ2v) is 9.15. The molecule has 0 bridgehead atoms. The molecule has 4 aromatic rings. The fourth-order valence-corrected chi connectivity index (χ4v) is 4.72. The Labute approximate surface area is 212 Å². The molecule has 1 saturated heterocycles. The highest BCUT2D eigenvalue weighted by molar-refractivity contribution is 5.73. The van der Waals surface area contributed by atoms with E-state index in [1.807, 2.05) is 45.8 Å². The summed E-state index contributed by atoms with van der Waals surface area (Å²) >= 11 is 0. The molecule has 3 heterocycles. The van der Waals surface area contributed by atoms with Gasteiger partial charge in [-0.15, -0.1) is 0 Å². The Morgan fingerprint density at radius 3 is 2.38 bits per heavy atom. The molecule has 0 aliphatic carbocycles. The van der Waals surface area contributed by atoms with E-state index in [1.165, 1.54) is 12.1 Å². The van der Waals surface area contributed by atoms with Crippen LogP contribution in [0.5, 0.6) is 5.75 Å². The molecule has 37 heavy (non-hydrogen) atoms. The number of rotatable bonds is 5. The Balaban J connectivity index is 1.58. The first-order valence-electron chi connectivity index (χ1n) is 12.0. The van der Waals surface area contributed by atoms with Crippen LogP contribution in [0.2, 0.25) is 0 Å². The van der Waals surface area contributed by atoms with Crippen molar-refractivity contribution in [1.82, 2.24) is 19.2 Å². The van der Waals surface area contributed by atoms with E-state index in [2.05, 4.69) is 4.90 Å². The molecule has 1 amide bonds. The average Bonchev–Trinajstić information content (AvgIpc) is 3.26. The van der Waals surface area contributed by atoms with E-state index >= 15 is 0 Å². The minimum atomic E-state index is -4.41. The second-order valence-electron chi connectivity index (χ2n) is 9.15. The van der Waals surface area contributed by atoms with Crippen molar-refractivity contribution >= 4 is 11.6 Å². The lowest BCUT2D eigenvalue weighted by Crippen LogP contribution is -2.47. The van der Waals surface area contributed by atoms with Gasteiger partial charge in [0.2, 0.25) is 5.91 Å². The number of ether oxygens (including phenoxy) is 1. The number of carbonyl (C=O) groups excluding carboxylic acids is 1. The molecule has 0 saturated carbocycles. The molecule has 1 fully saturated rings. The zero-order chi connectivity index (χ0) is 26.2. The van der Waals surface area contributed by atoms with Gasteiger partial charge in [0.15, 0.2) is 0 Å². The van der Waals surface area contributed by atoms with Crippen LogP contribution in [0.1, 0.15) is 18.2 Å². The fourth-order valence-electron chi connectivity index (χ4n) is 4.72. The zero-order valence-corrected chi connectivity index (χ0v) is 20.6. The van der Waals surface area contributed by atoms with Crippen LogP contribution in [-0.2, 0) is 17.5 Å². The highest BCUT2D eigenvalue weighted by Gasteiger charge is 2.30. The van der Waals surface area contributed by atoms with Gasteiger partial charge in [0.1, 0.15) is 11.4 Å². The summed E-state index contributed by atoms with van der Waals surface area (Å²) in [5.74, 6) is 0.775. The number of hydrogen-bond acceptors (Lipinski definition) is 4. The number of fused-ring (bicyclic) bond motifs is 1. The molecule has 0 N–H and O–H groups in total. The van der Waals surface area contributed by atoms with E-state index in [0.717, 1.165) is 36.1 Å². The van der Waals surface area contributed by atoms with E-state index in [0.29, 0.717) is 42.2 Å². The minimum Gasteiger partial charge on any atom is -0.497 e. The summed E-state index contributed by atoms with van der Waals surface area (Å²) in [7, 11) is 1.61. The highest BCUT2D eigenvalue weighted by atomic mass is 19.4. The number of piperazine rings is 1. The molecule has 2 aromatic carbocycles. The molecule has 9 heteroatoms. The van der Waals surface area contributed by atoms with Crippen LogP contribution in [0.15, 0.2) is 66.9 Å². The number of nitrogens with zero attached hydrogens (tertiary/aromatic N) is 4. The van der Waals surface area contributed by atoms with Crippen molar-refractivity contribution in [2.45, 2.75) is 19.6 Å². The third kappa shape index (κ3) is 5.17. The number of pyridine rings is 1. The van der Waals surface area contributed by atoms with Crippen LogP contribution in [0, 0.1) is 0 Å². The number of halogens is 3. The topological polar surface area (TPSA) is 50.1 Å². The van der Waals surface area contributed by atoms with E-state index < -0.39 is 11.7 Å². The number of amides is 1. The van der Waals surface area contributed by atoms with Crippen LogP contribution in [-0.4, -0.2) is 58.4 Å². The molecule has 0 spiro atoms. The molecule has 0 radical (unpaired) electrons. The summed E-state index contributed by atoms with van der Waals surface area (Å²) in [5.41, 5.74) is 3.76. The van der Waals surface area contributed by atoms with Crippen molar-refractivity contribution in [1.29, 1.82) is 0 Å². The summed E-state index contributed by atoms with van der Waals surface area (Å²) in [6, 6.07) is 16.6. The van der Waals surface area contributed by atoms with Crippen LogP contribution in [0.25, 0.3) is 28.0 Å². The van der Waals surface area contributed by atoms with Crippen LogP contribution in [0.4, 0.5) is 13.2 Å². The van der Waals surface area contributed by atoms with Crippen molar-refractivity contribution < 1.29 is 22.7 Å². The largest absolute Gasteiger partial charge is 0.497 e. The van der Waals surface area contributed by atoms with Gasteiger partial charge in [-0.1, -0.05) is 24.3 Å². The first kappa shape index (κ1) is 24.8. The Bertz CT molecular complexity index is 1440. The second kappa shape index (κ2) is 9.89. The van der Waals surface area contributed by atoms with Crippen molar-refractivity contribution in [2.75, 3.05) is 33.3 Å². The first-order valence-corrected chi connectivity index (χ1v) is 12.0. The number of alkyl halides is 3. The van der Waals surface area contributed by atoms with Crippen LogP contribution >= 0.6 is 0 Å². The van der Waals surface area contributed by atoms with Gasteiger partial charge < -0.3 is 14.0 Å². The predicted molar refractivity (Wildman–Crippen MR) is 135 cm³/mol. The molecule has 6 nitrogen and oxygen atoms in total. The third-order valence-corrected chi connectivity index (χ3v) is 6.77. The standard InChI is InChI=1S/C28H27F3N4O2/c1-19(36)34-13-11-33(12-14-34)18-25-27(21-6-4-8-24(16-21)37-2)32-26-10-9-22(17-35(25)26)20-5-3-7-23(15-20)28(29,30)31/h3-10,15-17H,11-14,18H2,1-2H3. The van der Waals surface area contributed by atoms with Gasteiger partial charge in [-0.3, -0.25) is 9.69 Å². The highest BCUT2D eigenvalue weighted by Crippen LogP contribution is 2.34. The Morgan fingerprint density at radius 1 is 0.946 bits per heavy atom. The fraction of sp³-hybridized carbons (Fsp3) is 0.286. The normalized spacial score (nSPS) is 14.8. The van der Waals surface area contributed by atoms with Crippen LogP contribution < -0.4 is 4.74 Å². The first-order chi connectivity index (χ1) is 17.7. The van der Waals surface area contributed by atoms with Crippen LogP contribution in [0.3, 0.4) is 0 Å². The molecule has 192 valence electrons. The van der Waals surface area contributed by atoms with Gasteiger partial charge in [0.25, 0.3) is 0 Å². The monoisotopic (exact) mass is 508 g/mol. The quantitative estimate of drug-likeness (QED) is 0.364. The number of hydrogen-bond donors (Lipinski definition) is 0. The summed E-state index contributed by atoms with van der Waals surface area (Å²) in [4.78, 5) is 20.8. The Morgan fingerprint density at radius 2 is 1.68 bits per heavy atom. The summed E-state index contributed by atoms with van der Waals surface area (Å²) < 4.78 is 47.4. The molecule has 0 atom stereocenters. The van der Waals surface area contributed by atoms with Crippen molar-refractivity contribution in [3.63, 3.8) is 0 Å². The van der Waals surface area contributed by atoms with Gasteiger partial charge in [-0.05, 0) is 47.5 Å². The van der Waals surface area contributed by atoms with Crippen molar-refractivity contribution in [3.05, 3.63) is 78.1 Å². The number of aromatic nitrogens is 2. The summed E-state index contributed by atoms with van der Waals surface area (Å²) in [6.07, 6.45) is -2.57. The lowest BCUT2D eigenvalue weighted by Gasteiger charge is -2.34. The molecule has 1 aliphatic rings. The van der Waals surface area contributed by atoms with Gasteiger partial charge in [-0.25, -0.2) is 4.98 Å². The third-order valence-electron chi connectivity index (χ3n) is 6.77. The number of imidazole rings is 1. The zero-order valence-electron chi connectivity index (χ0n) is 20.6. The number of carbonyl (C=O) groups is 1. The number of benzene rings is 2. The van der Waals surface area contributed by atoms with Gasteiger partial charge in [-0.2, -0.15) is 13.2 Å². The molecular weight excluding hydrogens is 481 g/mol. The Hall–Kier alpha value is -3.85. The maximum Gasteiger partial charge on any atom is 0.416 e. The van der Waals surface area contributed by atoms with Crippen molar-refractivity contribution in [3.8, 4) is 28.1 Å². The summed E-state index contributed by atoms with van der Waals surface area (Å²) in [6.45, 7) is 4.89.